The molecule has 6 nitrogen and oxygen atoms in total. The molecule has 1 fully saturated rings. The fourth-order valence-corrected chi connectivity index (χ4v) is 5.32. The van der Waals surface area contributed by atoms with Crippen LogP contribution in [0.5, 0.6) is 0 Å². The molecule has 1 saturated heterocycles. The zero-order chi connectivity index (χ0) is 20.9. The summed E-state index contributed by atoms with van der Waals surface area (Å²) in [6.45, 7) is 6.46. The van der Waals surface area contributed by atoms with E-state index in [-0.39, 0.29) is 22.7 Å². The number of rotatable bonds is 7. The predicted octanol–water partition coefficient (Wildman–Crippen LogP) is 4.14. The van der Waals surface area contributed by atoms with Crippen molar-refractivity contribution < 1.29 is 13.2 Å². The quantitative estimate of drug-likeness (QED) is 0.685. The molecule has 2 amide bonds. The van der Waals surface area contributed by atoms with Gasteiger partial charge in [-0.2, -0.15) is 0 Å². The van der Waals surface area contributed by atoms with Gasteiger partial charge in [0.25, 0.3) is 0 Å². The molecular formula is C21H29N3O3S2. The van der Waals surface area contributed by atoms with Crippen LogP contribution in [0.15, 0.2) is 46.7 Å². The summed E-state index contributed by atoms with van der Waals surface area (Å²) < 4.78 is 24.1. The Balaban J connectivity index is 1.63. The smallest absolute Gasteiger partial charge is 0.319 e. The van der Waals surface area contributed by atoms with E-state index in [0.717, 1.165) is 19.0 Å². The molecule has 8 heteroatoms. The van der Waals surface area contributed by atoms with E-state index in [4.69, 9.17) is 0 Å². The molecule has 1 aliphatic rings. The van der Waals surface area contributed by atoms with Crippen molar-refractivity contribution in [1.29, 1.82) is 0 Å². The molecule has 0 spiro atoms. The summed E-state index contributed by atoms with van der Waals surface area (Å²) >= 11 is 1.71. The van der Waals surface area contributed by atoms with Crippen LogP contribution in [0.4, 0.5) is 10.5 Å². The number of hydrogen-bond donors (Lipinski definition) is 2. The van der Waals surface area contributed by atoms with E-state index >= 15 is 0 Å². The first-order valence-corrected chi connectivity index (χ1v) is 12.6. The van der Waals surface area contributed by atoms with Crippen LogP contribution in [0.2, 0.25) is 0 Å². The van der Waals surface area contributed by atoms with Crippen molar-refractivity contribution in [3.8, 4) is 0 Å². The minimum absolute atomic E-state index is 0.0274. The summed E-state index contributed by atoms with van der Waals surface area (Å²) in [6.07, 6.45) is 2.35. The van der Waals surface area contributed by atoms with Crippen molar-refractivity contribution >= 4 is 32.9 Å². The largest absolute Gasteiger partial charge is 0.336 e. The van der Waals surface area contributed by atoms with Gasteiger partial charge in [-0.1, -0.05) is 26.0 Å². The van der Waals surface area contributed by atoms with Crippen LogP contribution < -0.4 is 10.6 Å². The third kappa shape index (κ3) is 5.81. The number of likely N-dealkylation sites (tertiary alicyclic amines) is 1. The SMILES string of the molecule is CCS(=O)(=O)c1cccc(NC(=O)NCC(c2cccs2)N2CCC(C)CC2)c1. The van der Waals surface area contributed by atoms with E-state index in [2.05, 4.69) is 33.9 Å². The summed E-state index contributed by atoms with van der Waals surface area (Å²) in [4.78, 5) is 16.4. The zero-order valence-electron chi connectivity index (χ0n) is 16.9. The Morgan fingerprint density at radius 1 is 1.24 bits per heavy atom. The number of carbonyl (C=O) groups is 1. The highest BCUT2D eigenvalue weighted by Gasteiger charge is 2.25. The standard InChI is InChI=1S/C21H29N3O3S2/c1-3-29(26,27)18-7-4-6-17(14-18)23-21(25)22-15-19(20-8-5-13-28-20)24-11-9-16(2)10-12-24/h4-8,13-14,16,19H,3,9-12,15H2,1-2H3,(H2,22,23,25). The van der Waals surface area contributed by atoms with Gasteiger partial charge >= 0.3 is 6.03 Å². The molecule has 1 atom stereocenters. The number of hydrogen-bond acceptors (Lipinski definition) is 5. The average molecular weight is 436 g/mol. The second-order valence-electron chi connectivity index (χ2n) is 7.52. The maximum Gasteiger partial charge on any atom is 0.319 e. The summed E-state index contributed by atoms with van der Waals surface area (Å²) in [6, 6.07) is 10.4. The molecule has 0 radical (unpaired) electrons. The molecule has 1 aliphatic heterocycles. The third-order valence-electron chi connectivity index (χ3n) is 5.42. The first-order chi connectivity index (χ1) is 13.9. The van der Waals surface area contributed by atoms with Gasteiger partial charge in [0.05, 0.1) is 16.7 Å². The number of carbonyl (C=O) groups excluding carboxylic acids is 1. The monoisotopic (exact) mass is 435 g/mol. The van der Waals surface area contributed by atoms with Crippen molar-refractivity contribution in [2.75, 3.05) is 30.7 Å². The molecule has 0 saturated carbocycles. The van der Waals surface area contributed by atoms with E-state index < -0.39 is 9.84 Å². The van der Waals surface area contributed by atoms with Crippen LogP contribution >= 0.6 is 11.3 Å². The van der Waals surface area contributed by atoms with Gasteiger partial charge in [0.15, 0.2) is 9.84 Å². The number of nitrogens with one attached hydrogen (secondary N) is 2. The van der Waals surface area contributed by atoms with Gasteiger partial charge in [-0.3, -0.25) is 4.90 Å². The first kappa shape index (κ1) is 21.8. The second kappa shape index (κ2) is 9.73. The maximum absolute atomic E-state index is 12.5. The highest BCUT2D eigenvalue weighted by molar-refractivity contribution is 7.91. The van der Waals surface area contributed by atoms with Gasteiger partial charge in [0.2, 0.25) is 0 Å². The van der Waals surface area contributed by atoms with E-state index in [1.54, 1.807) is 36.5 Å². The van der Waals surface area contributed by atoms with Gasteiger partial charge in [0.1, 0.15) is 0 Å². The van der Waals surface area contributed by atoms with Gasteiger partial charge in [-0.25, -0.2) is 13.2 Å². The fraction of sp³-hybridized carbons (Fsp3) is 0.476. The van der Waals surface area contributed by atoms with Gasteiger partial charge in [0, 0.05) is 17.1 Å². The zero-order valence-corrected chi connectivity index (χ0v) is 18.6. The Morgan fingerprint density at radius 2 is 2.00 bits per heavy atom. The van der Waals surface area contributed by atoms with E-state index in [0.29, 0.717) is 12.2 Å². The lowest BCUT2D eigenvalue weighted by Gasteiger charge is -2.36. The molecule has 2 aromatic rings. The Labute approximate surface area is 177 Å². The molecule has 0 bridgehead atoms. The van der Waals surface area contributed by atoms with Gasteiger partial charge in [-0.15, -0.1) is 11.3 Å². The molecule has 0 aliphatic carbocycles. The Bertz CT molecular complexity index is 905. The molecule has 1 aromatic carbocycles. The van der Waals surface area contributed by atoms with Crippen LogP contribution in [0.1, 0.15) is 37.6 Å². The fourth-order valence-electron chi connectivity index (χ4n) is 3.53. The average Bonchev–Trinajstić information content (AvgIpc) is 3.24. The normalized spacial score (nSPS) is 17.0. The minimum atomic E-state index is -3.31. The van der Waals surface area contributed by atoms with Crippen LogP contribution in [-0.4, -0.2) is 44.7 Å². The molecule has 1 aromatic heterocycles. The Kier molecular flexibility index (Phi) is 7.32. The first-order valence-electron chi connectivity index (χ1n) is 10.0. The van der Waals surface area contributed by atoms with Gasteiger partial charge in [-0.05, 0) is 61.5 Å². The number of urea groups is 1. The van der Waals surface area contributed by atoms with Crippen molar-refractivity contribution in [3.63, 3.8) is 0 Å². The van der Waals surface area contributed by atoms with Crippen LogP contribution in [0.3, 0.4) is 0 Å². The lowest BCUT2D eigenvalue weighted by molar-refractivity contribution is 0.138. The molecule has 3 rings (SSSR count). The molecule has 2 N–H and O–H groups in total. The van der Waals surface area contributed by atoms with Crippen molar-refractivity contribution in [3.05, 3.63) is 46.7 Å². The maximum atomic E-state index is 12.5. The number of thiophene rings is 1. The van der Waals surface area contributed by atoms with E-state index in [9.17, 15) is 13.2 Å². The number of piperidine rings is 1. The number of anilines is 1. The number of nitrogens with zero attached hydrogens (tertiary/aromatic N) is 1. The predicted molar refractivity (Wildman–Crippen MR) is 118 cm³/mol. The lowest BCUT2D eigenvalue weighted by atomic mass is 9.97. The highest BCUT2D eigenvalue weighted by atomic mass is 32.2. The lowest BCUT2D eigenvalue weighted by Crippen LogP contribution is -2.42. The summed E-state index contributed by atoms with van der Waals surface area (Å²) in [5, 5.41) is 7.79. The third-order valence-corrected chi connectivity index (χ3v) is 8.12. The molecular weight excluding hydrogens is 406 g/mol. The molecule has 158 valence electrons. The van der Waals surface area contributed by atoms with Crippen molar-refractivity contribution in [2.24, 2.45) is 5.92 Å². The van der Waals surface area contributed by atoms with Crippen molar-refractivity contribution in [1.82, 2.24) is 10.2 Å². The summed E-state index contributed by atoms with van der Waals surface area (Å²) in [5.41, 5.74) is 0.469. The van der Waals surface area contributed by atoms with Crippen LogP contribution in [-0.2, 0) is 9.84 Å². The molecule has 2 heterocycles. The minimum Gasteiger partial charge on any atom is -0.336 e. The number of sulfone groups is 1. The van der Waals surface area contributed by atoms with Crippen LogP contribution in [0, 0.1) is 5.92 Å². The number of amides is 2. The van der Waals surface area contributed by atoms with Gasteiger partial charge < -0.3 is 10.6 Å². The van der Waals surface area contributed by atoms with E-state index in [1.807, 2.05) is 6.07 Å². The van der Waals surface area contributed by atoms with Crippen molar-refractivity contribution in [2.45, 2.75) is 37.6 Å². The molecule has 1 unspecified atom stereocenters. The highest BCUT2D eigenvalue weighted by Crippen LogP contribution is 2.29. The Hall–Kier alpha value is -1.90. The van der Waals surface area contributed by atoms with E-state index in [1.165, 1.54) is 23.8 Å². The topological polar surface area (TPSA) is 78.5 Å². The molecule has 29 heavy (non-hydrogen) atoms. The summed E-state index contributed by atoms with van der Waals surface area (Å²) in [7, 11) is -3.31. The second-order valence-corrected chi connectivity index (χ2v) is 10.8. The Morgan fingerprint density at radius 3 is 2.66 bits per heavy atom. The number of benzene rings is 1. The van der Waals surface area contributed by atoms with Crippen LogP contribution in [0.25, 0.3) is 0 Å². The summed E-state index contributed by atoms with van der Waals surface area (Å²) in [5.74, 6) is 0.776.